The number of aromatic nitrogens is 1. The molecule has 90 valence electrons. The molecular formula is C13H14FNO2. The number of rotatable bonds is 2. The Morgan fingerprint density at radius 3 is 2.76 bits per heavy atom. The van der Waals surface area contributed by atoms with Crippen molar-refractivity contribution in [3.05, 3.63) is 23.6 Å². The van der Waals surface area contributed by atoms with E-state index in [9.17, 15) is 9.50 Å². The predicted molar refractivity (Wildman–Crippen MR) is 61.0 cm³/mol. The van der Waals surface area contributed by atoms with E-state index in [0.717, 1.165) is 0 Å². The largest absolute Gasteiger partial charge is 0.472 e. The minimum absolute atomic E-state index is 0.0400. The summed E-state index contributed by atoms with van der Waals surface area (Å²) in [5.41, 5.74) is 0.158. The predicted octanol–water partition coefficient (Wildman–Crippen LogP) is 1.88. The molecular weight excluding hydrogens is 221 g/mol. The number of hydrogen-bond donors (Lipinski definition) is 1. The van der Waals surface area contributed by atoms with Gasteiger partial charge in [0.1, 0.15) is 6.10 Å². The Labute approximate surface area is 99.6 Å². The zero-order valence-corrected chi connectivity index (χ0v) is 9.40. The number of aliphatic hydroxyl groups excluding tert-OH is 1. The fourth-order valence-electron chi connectivity index (χ4n) is 1.94. The number of aliphatic hydroxyl groups is 1. The molecule has 0 atom stereocenters. The summed E-state index contributed by atoms with van der Waals surface area (Å²) in [4.78, 5) is 3.84. The van der Waals surface area contributed by atoms with Gasteiger partial charge in [-0.2, -0.15) is 4.39 Å². The van der Waals surface area contributed by atoms with Crippen LogP contribution in [0.3, 0.4) is 0 Å². The molecule has 4 heteroatoms. The lowest BCUT2D eigenvalue weighted by Crippen LogP contribution is -2.27. The topological polar surface area (TPSA) is 42.4 Å². The molecule has 1 aromatic rings. The van der Waals surface area contributed by atoms with Gasteiger partial charge in [0, 0.05) is 6.20 Å². The van der Waals surface area contributed by atoms with Crippen LogP contribution >= 0.6 is 0 Å². The van der Waals surface area contributed by atoms with Crippen molar-refractivity contribution in [2.45, 2.75) is 37.9 Å². The van der Waals surface area contributed by atoms with Crippen molar-refractivity contribution in [1.29, 1.82) is 0 Å². The van der Waals surface area contributed by atoms with Gasteiger partial charge in [-0.25, -0.2) is 4.98 Å². The molecule has 17 heavy (non-hydrogen) atoms. The van der Waals surface area contributed by atoms with Crippen LogP contribution in [-0.2, 0) is 0 Å². The summed E-state index contributed by atoms with van der Waals surface area (Å²) in [5.74, 6) is 1.62. The van der Waals surface area contributed by atoms with E-state index in [1.165, 1.54) is 12.3 Å². The summed E-state index contributed by atoms with van der Waals surface area (Å²) in [6.45, 7) is 0. The maximum absolute atomic E-state index is 13.7. The van der Waals surface area contributed by atoms with Crippen LogP contribution < -0.4 is 4.74 Å². The standard InChI is InChI=1S/C13H14FNO2/c1-2-9-7-8-15-13(12(9)14)17-11-5-3-10(16)4-6-11/h1,7-8,10-11,16H,3-6H2. The lowest BCUT2D eigenvalue weighted by Gasteiger charge is -2.25. The van der Waals surface area contributed by atoms with E-state index >= 15 is 0 Å². The van der Waals surface area contributed by atoms with Gasteiger partial charge >= 0.3 is 0 Å². The normalized spacial score (nSPS) is 24.1. The summed E-state index contributed by atoms with van der Waals surface area (Å²) in [5, 5.41) is 9.36. The first-order valence-electron chi connectivity index (χ1n) is 5.66. The highest BCUT2D eigenvalue weighted by atomic mass is 19.1. The van der Waals surface area contributed by atoms with Crippen LogP contribution in [0.15, 0.2) is 12.3 Å². The second-order valence-electron chi connectivity index (χ2n) is 4.17. The van der Waals surface area contributed by atoms with Crippen molar-refractivity contribution >= 4 is 0 Å². The molecule has 0 spiro atoms. The van der Waals surface area contributed by atoms with Gasteiger partial charge in [-0.3, -0.25) is 0 Å². The Morgan fingerprint density at radius 2 is 2.12 bits per heavy atom. The number of hydrogen-bond acceptors (Lipinski definition) is 3. The molecule has 1 fully saturated rings. The van der Waals surface area contributed by atoms with E-state index < -0.39 is 5.82 Å². The molecule has 0 saturated heterocycles. The molecule has 0 radical (unpaired) electrons. The van der Waals surface area contributed by atoms with Crippen molar-refractivity contribution in [2.24, 2.45) is 0 Å². The summed E-state index contributed by atoms with van der Waals surface area (Å²) >= 11 is 0. The molecule has 0 aliphatic heterocycles. The van der Waals surface area contributed by atoms with Crippen molar-refractivity contribution in [1.82, 2.24) is 4.98 Å². The van der Waals surface area contributed by atoms with E-state index in [0.29, 0.717) is 25.7 Å². The molecule has 0 bridgehead atoms. The molecule has 1 aromatic heterocycles. The van der Waals surface area contributed by atoms with Gasteiger partial charge < -0.3 is 9.84 Å². The molecule has 1 aliphatic rings. The molecule has 1 saturated carbocycles. The molecule has 1 aliphatic carbocycles. The average Bonchev–Trinajstić information content (AvgIpc) is 2.35. The van der Waals surface area contributed by atoms with Crippen molar-refractivity contribution in [3.63, 3.8) is 0 Å². The minimum atomic E-state index is -0.582. The van der Waals surface area contributed by atoms with Gasteiger partial charge in [-0.15, -0.1) is 6.42 Å². The second-order valence-corrected chi connectivity index (χ2v) is 4.17. The Hall–Kier alpha value is -1.60. The van der Waals surface area contributed by atoms with Crippen LogP contribution in [0, 0.1) is 18.2 Å². The van der Waals surface area contributed by atoms with Crippen LogP contribution in [0.5, 0.6) is 5.88 Å². The molecule has 2 rings (SSSR count). The van der Waals surface area contributed by atoms with Gasteiger partial charge in [-0.1, -0.05) is 5.92 Å². The highest BCUT2D eigenvalue weighted by molar-refractivity contribution is 5.36. The molecule has 0 amide bonds. The van der Waals surface area contributed by atoms with Gasteiger partial charge in [-0.05, 0) is 31.7 Å². The lowest BCUT2D eigenvalue weighted by atomic mass is 9.95. The first kappa shape index (κ1) is 11.9. The molecule has 3 nitrogen and oxygen atoms in total. The number of nitrogens with zero attached hydrogens (tertiary/aromatic N) is 1. The smallest absolute Gasteiger partial charge is 0.251 e. The third-order valence-corrected chi connectivity index (χ3v) is 2.93. The monoisotopic (exact) mass is 235 g/mol. The van der Waals surface area contributed by atoms with E-state index in [2.05, 4.69) is 10.9 Å². The highest BCUT2D eigenvalue weighted by Gasteiger charge is 2.22. The van der Waals surface area contributed by atoms with Crippen LogP contribution in [0.25, 0.3) is 0 Å². The molecule has 1 heterocycles. The summed E-state index contributed by atoms with van der Waals surface area (Å²) in [6, 6.07) is 1.44. The van der Waals surface area contributed by atoms with Gasteiger partial charge in [0.05, 0.1) is 11.7 Å². The van der Waals surface area contributed by atoms with E-state index in [4.69, 9.17) is 11.2 Å². The molecule has 0 unspecified atom stereocenters. The molecule has 0 aromatic carbocycles. The quantitative estimate of drug-likeness (QED) is 0.796. The van der Waals surface area contributed by atoms with E-state index in [-0.39, 0.29) is 23.7 Å². The second kappa shape index (κ2) is 5.15. The van der Waals surface area contributed by atoms with Crippen molar-refractivity contribution < 1.29 is 14.2 Å². The van der Waals surface area contributed by atoms with E-state index in [1.807, 2.05) is 0 Å². The van der Waals surface area contributed by atoms with Crippen LogP contribution in [0.2, 0.25) is 0 Å². The average molecular weight is 235 g/mol. The first-order valence-corrected chi connectivity index (χ1v) is 5.66. The Bertz CT molecular complexity index is 434. The van der Waals surface area contributed by atoms with Gasteiger partial charge in [0.25, 0.3) is 5.88 Å². The van der Waals surface area contributed by atoms with Gasteiger partial charge in [0.2, 0.25) is 5.82 Å². The summed E-state index contributed by atoms with van der Waals surface area (Å²) < 4.78 is 19.2. The highest BCUT2D eigenvalue weighted by Crippen LogP contribution is 2.25. The lowest BCUT2D eigenvalue weighted by molar-refractivity contribution is 0.0621. The number of pyridine rings is 1. The molecule has 1 N–H and O–H groups in total. The first-order chi connectivity index (χ1) is 8.20. The Balaban J connectivity index is 2.06. The van der Waals surface area contributed by atoms with Crippen LogP contribution in [0.4, 0.5) is 4.39 Å². The SMILES string of the molecule is C#Cc1ccnc(OC2CCC(O)CC2)c1F. The Morgan fingerprint density at radius 1 is 1.41 bits per heavy atom. The third kappa shape index (κ3) is 2.75. The fraction of sp³-hybridized carbons (Fsp3) is 0.462. The zero-order valence-electron chi connectivity index (χ0n) is 9.40. The summed E-state index contributed by atoms with van der Waals surface area (Å²) in [6.07, 6.45) is 9.04. The summed E-state index contributed by atoms with van der Waals surface area (Å²) in [7, 11) is 0. The maximum Gasteiger partial charge on any atom is 0.251 e. The zero-order chi connectivity index (χ0) is 12.3. The number of terminal acetylenes is 1. The van der Waals surface area contributed by atoms with E-state index in [1.54, 1.807) is 0 Å². The van der Waals surface area contributed by atoms with Crippen molar-refractivity contribution in [2.75, 3.05) is 0 Å². The van der Waals surface area contributed by atoms with Crippen LogP contribution in [-0.4, -0.2) is 22.3 Å². The van der Waals surface area contributed by atoms with Crippen LogP contribution in [0.1, 0.15) is 31.2 Å². The van der Waals surface area contributed by atoms with Crippen molar-refractivity contribution in [3.8, 4) is 18.2 Å². The minimum Gasteiger partial charge on any atom is -0.472 e. The third-order valence-electron chi connectivity index (χ3n) is 2.93. The number of halogens is 1. The Kier molecular flexibility index (Phi) is 3.60. The number of ether oxygens (including phenoxy) is 1. The van der Waals surface area contributed by atoms with Gasteiger partial charge in [0.15, 0.2) is 0 Å². The maximum atomic E-state index is 13.7. The fourth-order valence-corrected chi connectivity index (χ4v) is 1.94.